The van der Waals surface area contributed by atoms with Crippen molar-refractivity contribution in [2.45, 2.75) is 144 Å². The van der Waals surface area contributed by atoms with Crippen LogP contribution >= 0.6 is 11.8 Å². The van der Waals surface area contributed by atoms with Crippen LogP contribution in [0.15, 0.2) is 36.4 Å². The van der Waals surface area contributed by atoms with Gasteiger partial charge >= 0.3 is 12.0 Å². The van der Waals surface area contributed by atoms with E-state index in [4.69, 9.17) is 75.8 Å². The van der Waals surface area contributed by atoms with Crippen molar-refractivity contribution in [2.24, 2.45) is 0 Å². The Morgan fingerprint density at radius 3 is 0.843 bits per heavy atom. The molecule has 0 aliphatic rings. The van der Waals surface area contributed by atoms with E-state index in [0.717, 1.165) is 72.4 Å². The van der Waals surface area contributed by atoms with E-state index < -0.39 is 0 Å². The molecule has 0 saturated heterocycles. The molecule has 9 aromatic rings. The van der Waals surface area contributed by atoms with Crippen molar-refractivity contribution in [2.75, 3.05) is 117 Å². The molecule has 0 radical (unpaired) electrons. The van der Waals surface area contributed by atoms with E-state index in [-0.39, 0.29) is 6.01 Å². The van der Waals surface area contributed by atoms with E-state index in [1.807, 2.05) is 145 Å². The third-order valence-corrected chi connectivity index (χ3v) is 14.6. The van der Waals surface area contributed by atoms with Gasteiger partial charge in [-0.1, -0.05) is 0 Å². The number of ether oxygens (including phenoxy) is 16. The summed E-state index contributed by atoms with van der Waals surface area (Å²) in [6.07, 6.45) is 9.62. The average Bonchev–Trinajstić information content (AvgIpc) is 1.85. The number of hydrogen-bond acceptors (Lipinski definition) is 35. The molecule has 0 aromatic carbocycles. The highest BCUT2D eigenvalue weighted by atomic mass is 32.2. The maximum absolute atomic E-state index is 5.37. The second kappa shape index (κ2) is 52.8. The smallest absolute Gasteiger partial charge is 0.322 e. The van der Waals surface area contributed by atoms with Gasteiger partial charge in [0.25, 0.3) is 0 Å². The normalized spacial score (nSPS) is 9.69. The van der Waals surface area contributed by atoms with Crippen molar-refractivity contribution in [3.05, 3.63) is 110 Å². The van der Waals surface area contributed by atoms with Crippen molar-refractivity contribution < 1.29 is 75.8 Å². The van der Waals surface area contributed by atoms with Crippen LogP contribution in [0, 0.1) is 96.9 Å². The third kappa shape index (κ3) is 31.9. The first-order valence-corrected chi connectivity index (χ1v) is 35.1. The molecule has 0 spiro atoms. The van der Waals surface area contributed by atoms with Crippen LogP contribution in [0.3, 0.4) is 0 Å². The van der Waals surface area contributed by atoms with Crippen molar-refractivity contribution in [1.29, 1.82) is 0 Å². The SMILES string of the molecule is CCOc1nc(C)nc(OC)c1C.CCOc1nc(C)nc(OCC)c1C.CCOc1ncnc(OCC)c1C.CCOc1ncnc(SC)c1C.COc1nc(C)c(C)c(OC)n1.COc1nc(C)nc(C)c1C.COc1nc(OC)c(C)c(OC)n1.COc1nccnc1C.COc1ncnc(OC)c1C. The highest BCUT2D eigenvalue weighted by Crippen LogP contribution is 2.29. The summed E-state index contributed by atoms with van der Waals surface area (Å²) in [5.74, 6) is 10.2. The topological polar surface area (TPSA) is 380 Å². The summed E-state index contributed by atoms with van der Waals surface area (Å²) in [6, 6.07) is 0.578. The fourth-order valence-electron chi connectivity index (χ4n) is 8.25. The molecule has 35 heteroatoms. The van der Waals surface area contributed by atoms with E-state index in [2.05, 4.69) is 89.7 Å². The van der Waals surface area contributed by atoms with Crippen molar-refractivity contribution in [1.82, 2.24) is 89.7 Å². The number of methoxy groups -OCH3 is 10. The van der Waals surface area contributed by atoms with Gasteiger partial charge in [0.15, 0.2) is 0 Å². The molecule has 0 amide bonds. The van der Waals surface area contributed by atoms with Crippen LogP contribution in [0.5, 0.6) is 94.3 Å². The van der Waals surface area contributed by atoms with Gasteiger partial charge in [-0.15, -0.1) is 11.8 Å². The fraction of sp³-hybridized carbons (Fsp3) is 0.507. The van der Waals surface area contributed by atoms with Crippen molar-refractivity contribution in [3.8, 4) is 94.3 Å². The van der Waals surface area contributed by atoms with Gasteiger partial charge < -0.3 is 75.8 Å². The van der Waals surface area contributed by atoms with Gasteiger partial charge in [0.05, 0.1) is 150 Å². The summed E-state index contributed by atoms with van der Waals surface area (Å²) in [7, 11) is 15.6. The highest BCUT2D eigenvalue weighted by Gasteiger charge is 2.15. The Bertz CT molecular complexity index is 4000. The molecular weight excluding hydrogens is 1420 g/mol. The first kappa shape index (κ1) is 94.9. The predicted octanol–water partition coefficient (Wildman–Crippen LogP) is 11.8. The van der Waals surface area contributed by atoms with Gasteiger partial charge in [-0.25, -0.2) is 44.9 Å². The Labute approximate surface area is 639 Å². The monoisotopic (exact) mass is 1530 g/mol. The van der Waals surface area contributed by atoms with Crippen LogP contribution in [0.25, 0.3) is 0 Å². The standard InChI is InChI=1S/C10H16N2O2.2C9H14N2O2.C8H12N2O3.C8H12N2O2.C8H12N2OS.C8H12N2O.C7H10N2O2.C6H8N2O/c1-5-13-9-7(3)10(14-6-2)12-8(4)11-9;1-5-13-9-6(2)8(12-4)10-7(3)11-9;1-4-12-8-7(3)9(13-5-2)11-6-10-8;1-5-6(11-2)9-8(13-4)10-7(5)12-3;1-5-6(2)9-8(12-4)10-7(5)11-3;1-4-11-7-6(2)8(12-3)10-5-9-7;1-5-6(2)9-7(3)10-8(5)11-4;1-5-6(10-2)8-4-9-7(5)11-3;1-5-6(9-2)8-4-3-7-5/h5-6H2,1-4H3;5H2,1-4H3;6H,4-5H2,1-3H3;1-4H3;1-4H3;5H,4H2,1-3H3;1-4H3;4H,1-3H3;3-4H,1-2H3. The van der Waals surface area contributed by atoms with Gasteiger partial charge in [-0.2, -0.15) is 39.9 Å². The molecule has 0 saturated carbocycles. The molecule has 9 heterocycles. The molecule has 0 unspecified atom stereocenters. The second-order valence-corrected chi connectivity index (χ2v) is 22.0. The van der Waals surface area contributed by atoms with E-state index in [1.54, 1.807) is 66.8 Å². The maximum Gasteiger partial charge on any atom is 0.322 e. The molecule has 594 valence electrons. The summed E-state index contributed by atoms with van der Waals surface area (Å²) < 4.78 is 81.7. The van der Waals surface area contributed by atoms with E-state index in [9.17, 15) is 0 Å². The minimum atomic E-state index is 0.235. The number of aromatic nitrogens is 18. The fourth-order valence-corrected chi connectivity index (χ4v) is 8.80. The van der Waals surface area contributed by atoms with Crippen LogP contribution in [0.2, 0.25) is 0 Å². The predicted molar refractivity (Wildman–Crippen MR) is 409 cm³/mol. The van der Waals surface area contributed by atoms with E-state index in [1.165, 1.54) is 47.4 Å². The molecule has 0 aliphatic heterocycles. The summed E-state index contributed by atoms with van der Waals surface area (Å²) in [4.78, 5) is 72.8. The van der Waals surface area contributed by atoms with E-state index >= 15 is 0 Å². The van der Waals surface area contributed by atoms with Crippen LogP contribution < -0.4 is 75.8 Å². The molecule has 9 aromatic heterocycles. The van der Waals surface area contributed by atoms with Gasteiger partial charge in [0.1, 0.15) is 41.5 Å². The number of nitrogens with zero attached hydrogens (tertiary/aromatic N) is 18. The first-order valence-electron chi connectivity index (χ1n) is 33.8. The largest absolute Gasteiger partial charge is 0.481 e. The Kier molecular flexibility index (Phi) is 46.4. The average molecular weight is 1530 g/mol. The van der Waals surface area contributed by atoms with Crippen molar-refractivity contribution in [3.63, 3.8) is 0 Å². The minimum absolute atomic E-state index is 0.235. The number of rotatable bonds is 23. The van der Waals surface area contributed by atoms with Gasteiger partial charge in [0.2, 0.25) is 82.3 Å². The molecule has 0 bridgehead atoms. The summed E-state index contributed by atoms with van der Waals surface area (Å²) >= 11 is 1.60. The van der Waals surface area contributed by atoms with Gasteiger partial charge in [-0.05, 0) is 145 Å². The lowest BCUT2D eigenvalue weighted by Crippen LogP contribution is -2.04. The quantitative estimate of drug-likeness (QED) is 0.0424. The molecule has 0 fully saturated rings. The summed E-state index contributed by atoms with van der Waals surface area (Å²) in [5, 5.41) is 0.980. The summed E-state index contributed by atoms with van der Waals surface area (Å²) in [5.41, 5.74) is 9.78. The van der Waals surface area contributed by atoms with Crippen LogP contribution in [0.1, 0.15) is 121 Å². The maximum atomic E-state index is 5.37. The molecule has 0 aliphatic carbocycles. The lowest BCUT2D eigenvalue weighted by atomic mass is 10.2. The third-order valence-electron chi connectivity index (χ3n) is 13.8. The number of hydrogen-bond donors (Lipinski definition) is 0. The Balaban J connectivity index is 0.000000609. The highest BCUT2D eigenvalue weighted by molar-refractivity contribution is 7.98. The van der Waals surface area contributed by atoms with Gasteiger partial charge in [0, 0.05) is 34.8 Å². The Morgan fingerprint density at radius 1 is 0.231 bits per heavy atom. The molecule has 108 heavy (non-hydrogen) atoms. The molecule has 34 nitrogen and oxygen atoms in total. The minimum Gasteiger partial charge on any atom is -0.481 e. The lowest BCUT2D eigenvalue weighted by Gasteiger charge is -2.10. The van der Waals surface area contributed by atoms with Crippen LogP contribution in [-0.2, 0) is 0 Å². The van der Waals surface area contributed by atoms with Crippen LogP contribution in [0.4, 0.5) is 0 Å². The first-order chi connectivity index (χ1) is 51.6. The summed E-state index contributed by atoms with van der Waals surface area (Å²) in [6.45, 7) is 41.5. The zero-order valence-corrected chi connectivity index (χ0v) is 69.4. The molecule has 0 N–H and O–H groups in total. The van der Waals surface area contributed by atoms with Gasteiger partial charge in [-0.3, -0.25) is 4.98 Å². The van der Waals surface area contributed by atoms with Crippen LogP contribution in [-0.4, -0.2) is 207 Å². The molecule has 0 atom stereocenters. The zero-order chi connectivity index (χ0) is 81.4. The molecule has 9 rings (SSSR count). The lowest BCUT2D eigenvalue weighted by molar-refractivity contribution is 0.299. The Morgan fingerprint density at radius 2 is 0.491 bits per heavy atom. The second-order valence-electron chi connectivity index (χ2n) is 21.2. The molecular formula is C73H110N18O16S. The van der Waals surface area contributed by atoms with E-state index in [0.29, 0.717) is 140 Å². The Hall–Kier alpha value is -11.1. The zero-order valence-electron chi connectivity index (χ0n) is 68.6. The van der Waals surface area contributed by atoms with Crippen molar-refractivity contribution >= 4 is 11.8 Å². The number of aryl methyl sites for hydroxylation is 6. The number of thioether (sulfide) groups is 1.